The minimum absolute atomic E-state index is 1.30. The fourth-order valence-corrected chi connectivity index (χ4v) is 7.99. The smallest absolute Gasteiger partial charge is 0.00202 e. The van der Waals surface area contributed by atoms with Gasteiger partial charge in [-0.3, -0.25) is 0 Å². The van der Waals surface area contributed by atoms with Gasteiger partial charge in [0, 0.05) is 0 Å². The summed E-state index contributed by atoms with van der Waals surface area (Å²) in [6.07, 6.45) is 4.97. The number of hydrogen-bond acceptors (Lipinski definition) is 0. The van der Waals surface area contributed by atoms with E-state index in [0.717, 1.165) is 0 Å². The molecule has 0 nitrogen and oxygen atoms in total. The molecule has 6 aromatic rings. The van der Waals surface area contributed by atoms with Crippen LogP contribution in [-0.4, -0.2) is 6.30 Å². The van der Waals surface area contributed by atoms with Gasteiger partial charge in [-0.2, -0.15) is 0 Å². The lowest BCUT2D eigenvalue weighted by Gasteiger charge is -2.28. The second-order valence-corrected chi connectivity index (χ2v) is 11.1. The summed E-state index contributed by atoms with van der Waals surface area (Å²) in [5.41, 5.74) is 0. The normalized spacial score (nSPS) is 12.1. The van der Waals surface area contributed by atoms with E-state index >= 15 is 0 Å². The molecule has 0 aliphatic heterocycles. The summed E-state index contributed by atoms with van der Waals surface area (Å²) >= 11 is 0. The summed E-state index contributed by atoms with van der Waals surface area (Å²) in [7, 11) is 0. The maximum atomic E-state index is 4.97. The van der Waals surface area contributed by atoms with Gasteiger partial charge in [0.05, 0.1) is 0 Å². The fourth-order valence-electron chi connectivity index (χ4n) is 4.84. The van der Waals surface area contributed by atoms with Crippen LogP contribution in [0.25, 0.3) is 32.3 Å². The van der Waals surface area contributed by atoms with Crippen LogP contribution in [0.2, 0.25) is 0 Å². The highest BCUT2D eigenvalue weighted by Gasteiger charge is 2.25. The topological polar surface area (TPSA) is 0 Å². The van der Waals surface area contributed by atoms with Crippen molar-refractivity contribution in [3.8, 4) is 0 Å². The van der Waals surface area contributed by atoms with Crippen molar-refractivity contribution < 1.29 is 0 Å². The van der Waals surface area contributed by atoms with Crippen LogP contribution in [0.5, 0.6) is 0 Å². The van der Waals surface area contributed by atoms with Gasteiger partial charge < -0.3 is 0 Å². The van der Waals surface area contributed by atoms with Crippen LogP contribution >= 0.6 is 6.89 Å². The molecule has 6 rings (SSSR count). The quantitative estimate of drug-likeness (QED) is 0.241. The predicted molar refractivity (Wildman–Crippen MR) is 136 cm³/mol. The van der Waals surface area contributed by atoms with E-state index in [0.29, 0.717) is 0 Å². The second kappa shape index (κ2) is 6.59. The number of hydrogen-bond donors (Lipinski definition) is 0. The lowest BCUT2D eigenvalue weighted by atomic mass is 9.94. The lowest BCUT2D eigenvalue weighted by Crippen LogP contribution is -2.26. The van der Waals surface area contributed by atoms with E-state index in [2.05, 4.69) is 115 Å². The van der Waals surface area contributed by atoms with Crippen molar-refractivity contribution in [2.75, 3.05) is 0 Å². The summed E-state index contributed by atoms with van der Waals surface area (Å²) in [6, 6.07) is 41.9. The number of benzene rings is 6. The molecule has 30 heavy (non-hydrogen) atoms. The first-order valence-corrected chi connectivity index (χ1v) is 12.3. The minimum atomic E-state index is -2.03. The molecule has 142 valence electrons. The first-order chi connectivity index (χ1) is 14.8. The van der Waals surface area contributed by atoms with Crippen LogP contribution in [0, 0.1) is 0 Å². The van der Waals surface area contributed by atoms with E-state index in [-0.39, 0.29) is 0 Å². The molecule has 6 aromatic carbocycles. The van der Waals surface area contributed by atoms with Crippen LogP contribution in [-0.2, 0) is 0 Å². The highest BCUT2D eigenvalue weighted by Crippen LogP contribution is 2.45. The van der Waals surface area contributed by atoms with Crippen molar-refractivity contribution in [1.29, 1.82) is 0 Å². The Morgan fingerprint density at radius 2 is 0.933 bits per heavy atom. The Hall–Kier alpha value is -3.34. The molecule has 1 heteroatoms. The summed E-state index contributed by atoms with van der Waals surface area (Å²) < 4.78 is 0. The van der Waals surface area contributed by atoms with Crippen molar-refractivity contribution in [2.45, 2.75) is 0 Å². The minimum Gasteiger partial charge on any atom is -0.0887 e. The Balaban J connectivity index is 1.79. The Kier molecular flexibility index (Phi) is 3.85. The molecule has 0 saturated heterocycles. The van der Waals surface area contributed by atoms with Crippen LogP contribution in [0.1, 0.15) is 0 Å². The van der Waals surface area contributed by atoms with E-state index in [9.17, 15) is 0 Å². The highest BCUT2D eigenvalue weighted by atomic mass is 31.2. The van der Waals surface area contributed by atoms with Gasteiger partial charge in [-0.15, -0.1) is 0 Å². The Bertz CT molecular complexity index is 1490. The van der Waals surface area contributed by atoms with Crippen molar-refractivity contribution >= 4 is 61.4 Å². The number of rotatable bonds is 3. The maximum absolute atomic E-state index is 4.97. The van der Waals surface area contributed by atoms with Gasteiger partial charge in [-0.1, -0.05) is 122 Å². The summed E-state index contributed by atoms with van der Waals surface area (Å²) in [4.78, 5) is 0. The fraction of sp³-hybridized carbons (Fsp3) is 0. The van der Waals surface area contributed by atoms with Gasteiger partial charge in [0.2, 0.25) is 0 Å². The maximum Gasteiger partial charge on any atom is -0.00202 e. The Morgan fingerprint density at radius 1 is 0.433 bits per heavy atom. The molecule has 0 aliphatic carbocycles. The molecule has 0 fully saturated rings. The summed E-state index contributed by atoms with van der Waals surface area (Å²) in [5, 5.41) is 11.9. The summed E-state index contributed by atoms with van der Waals surface area (Å²) in [6.45, 7) is -2.03. The molecule has 0 N–H and O–H groups in total. The lowest BCUT2D eigenvalue weighted by molar-refractivity contribution is 1.75. The molecule has 0 bridgehead atoms. The zero-order chi connectivity index (χ0) is 20.1. The zero-order valence-electron chi connectivity index (χ0n) is 16.6. The third kappa shape index (κ3) is 2.41. The van der Waals surface area contributed by atoms with Crippen molar-refractivity contribution in [3.05, 3.63) is 115 Å². The van der Waals surface area contributed by atoms with Gasteiger partial charge in [-0.05, 0) is 55.1 Å². The van der Waals surface area contributed by atoms with Crippen LogP contribution in [0.15, 0.2) is 115 Å². The molecular weight excluding hydrogens is 379 g/mol. The Labute approximate surface area is 176 Å². The van der Waals surface area contributed by atoms with Crippen LogP contribution in [0.4, 0.5) is 0 Å². The third-order valence-corrected chi connectivity index (χ3v) is 9.88. The SMILES string of the molecule is C=P(c1ccccc1)(c1ccccc1)c1ccc2ccc3cccc4ccc1c2c34. The van der Waals surface area contributed by atoms with E-state index in [1.807, 2.05) is 0 Å². The zero-order valence-corrected chi connectivity index (χ0v) is 17.5. The van der Waals surface area contributed by atoms with E-state index < -0.39 is 6.89 Å². The molecule has 0 spiro atoms. The van der Waals surface area contributed by atoms with Crippen LogP contribution < -0.4 is 15.9 Å². The van der Waals surface area contributed by atoms with Gasteiger partial charge in [0.15, 0.2) is 0 Å². The predicted octanol–water partition coefficient (Wildman–Crippen LogP) is 6.31. The third-order valence-electron chi connectivity index (χ3n) is 6.31. The molecule has 0 atom stereocenters. The van der Waals surface area contributed by atoms with Gasteiger partial charge in [0.25, 0.3) is 0 Å². The first-order valence-electron chi connectivity index (χ1n) is 10.3. The van der Waals surface area contributed by atoms with Gasteiger partial charge in [-0.25, -0.2) is 0 Å². The molecule has 0 aromatic heterocycles. The standard InChI is InChI=1S/C29H21P/c1-30(24-11-4-2-5-12-24,25-13-6-3-7-14-25)27-20-18-23-16-15-21-9-8-10-22-17-19-26(27)29(23)28(21)22/h2-20H,1H2. The van der Waals surface area contributed by atoms with E-state index in [1.165, 1.54) is 48.2 Å². The molecule has 0 saturated carbocycles. The molecular formula is C29H21P. The van der Waals surface area contributed by atoms with Crippen LogP contribution in [0.3, 0.4) is 0 Å². The monoisotopic (exact) mass is 400 g/mol. The largest absolute Gasteiger partial charge is 0.0887 e. The second-order valence-electron chi connectivity index (χ2n) is 7.92. The Morgan fingerprint density at radius 3 is 1.53 bits per heavy atom. The van der Waals surface area contributed by atoms with Crippen molar-refractivity contribution in [1.82, 2.24) is 0 Å². The van der Waals surface area contributed by atoms with E-state index in [1.54, 1.807) is 0 Å². The van der Waals surface area contributed by atoms with Crippen molar-refractivity contribution in [3.63, 3.8) is 0 Å². The average molecular weight is 400 g/mol. The summed E-state index contributed by atoms with van der Waals surface area (Å²) in [5.74, 6) is 0. The van der Waals surface area contributed by atoms with Gasteiger partial charge >= 0.3 is 0 Å². The van der Waals surface area contributed by atoms with Gasteiger partial charge in [0.1, 0.15) is 0 Å². The molecule has 0 amide bonds. The molecule has 0 unspecified atom stereocenters. The molecule has 0 heterocycles. The molecule has 0 radical (unpaired) electrons. The van der Waals surface area contributed by atoms with Crippen molar-refractivity contribution in [2.24, 2.45) is 0 Å². The highest BCUT2D eigenvalue weighted by molar-refractivity contribution is 7.93. The van der Waals surface area contributed by atoms with E-state index in [4.69, 9.17) is 6.30 Å². The average Bonchev–Trinajstić information content (AvgIpc) is 2.83. The first kappa shape index (κ1) is 17.5. The molecule has 0 aliphatic rings.